The largest absolute Gasteiger partial charge is 0.472 e. The average Bonchev–Trinajstić information content (AvgIpc) is 3.75. The second kappa shape index (κ2) is 11.2. The summed E-state index contributed by atoms with van der Waals surface area (Å²) in [5.41, 5.74) is 5.74. The van der Waals surface area contributed by atoms with E-state index in [4.69, 9.17) is 33.5 Å². The second-order valence-corrected chi connectivity index (χ2v) is 13.5. The molecule has 3 aliphatic heterocycles. The number of nitrogens with one attached hydrogen (secondary N) is 1. The topological polar surface area (TPSA) is 250 Å². The van der Waals surface area contributed by atoms with E-state index >= 15 is 8.78 Å². The van der Waals surface area contributed by atoms with Crippen LogP contribution in [0.3, 0.4) is 0 Å². The maximum Gasteiger partial charge on any atom is 0.472 e. The number of aromatic amines is 1. The lowest BCUT2D eigenvalue weighted by molar-refractivity contribution is -0.0620. The van der Waals surface area contributed by atoms with Crippen LogP contribution in [0.2, 0.25) is 0 Å². The molecule has 4 aromatic rings. The number of imidazole rings is 2. The molecule has 7 rings (SSSR count). The number of rotatable bonds is 2. The third-order valence-corrected chi connectivity index (χ3v) is 9.48. The van der Waals surface area contributed by atoms with Crippen LogP contribution in [0, 0.1) is 0 Å². The quantitative estimate of drug-likeness (QED) is 0.213. The Morgan fingerprint density at radius 1 is 0.911 bits per heavy atom. The molecule has 242 valence electrons. The Morgan fingerprint density at radius 2 is 1.60 bits per heavy atom. The zero-order chi connectivity index (χ0) is 31.7. The van der Waals surface area contributed by atoms with Gasteiger partial charge < -0.3 is 39.2 Å². The standard InChI is InChI=1S/C22H24F2N8O11P2/c23-12-10-3-39-44(34,35)8-38-16-11(42-21(13(16)24)31-6-29-14-9(25)1-2-26-18(14)31)4-40-45(36,37)43-17(12)22(41-10)32-7-30-15-19(32)27-5-28-20(15)33/h1-2,5-7,10-13,16-17,21-22H,3-4,8H2,(H2,25,26)(H,34,35)(H,36,37)(H,27,28,33)/t10-,11-,12+,13?,16+,17?,21-,22-/m1/s1. The van der Waals surface area contributed by atoms with Gasteiger partial charge in [-0.3, -0.25) is 27.5 Å². The van der Waals surface area contributed by atoms with E-state index < -0.39 is 89.8 Å². The van der Waals surface area contributed by atoms with Gasteiger partial charge in [0, 0.05) is 6.20 Å². The summed E-state index contributed by atoms with van der Waals surface area (Å²) >= 11 is 0. The number of nitrogen functional groups attached to an aromatic ring is 1. The van der Waals surface area contributed by atoms with Gasteiger partial charge in [-0.2, -0.15) is 0 Å². The van der Waals surface area contributed by atoms with Crippen LogP contribution < -0.4 is 11.3 Å². The number of nitrogens with two attached hydrogens (primary N) is 1. The number of hydrogen-bond donors (Lipinski definition) is 4. The Labute approximate surface area is 249 Å². The summed E-state index contributed by atoms with van der Waals surface area (Å²) in [6.45, 7) is -1.70. The van der Waals surface area contributed by atoms with Gasteiger partial charge >= 0.3 is 15.4 Å². The highest BCUT2D eigenvalue weighted by Crippen LogP contribution is 2.52. The van der Waals surface area contributed by atoms with Crippen molar-refractivity contribution in [3.8, 4) is 0 Å². The summed E-state index contributed by atoms with van der Waals surface area (Å²) in [7, 11) is -9.85. The smallest absolute Gasteiger partial charge is 0.397 e. The first-order valence-corrected chi connectivity index (χ1v) is 16.5. The third-order valence-electron chi connectivity index (χ3n) is 7.46. The summed E-state index contributed by atoms with van der Waals surface area (Å²) in [6.07, 6.45) is -10.3. The SMILES string of the molecule is Nc1ccnc2c1ncn2[C@@H]1O[C@@H]2COP(=O)(O)OC3[C@@H](F)[C@@H](COP(=O)(O)CO[C@@H]2C1F)O[C@H]3n1cnc2c(=O)[nH]cnc21. The van der Waals surface area contributed by atoms with Gasteiger partial charge in [-0.1, -0.05) is 0 Å². The number of alkyl halides is 2. The number of nitrogens with zero attached hydrogens (tertiary/aromatic N) is 6. The van der Waals surface area contributed by atoms with E-state index in [0.29, 0.717) is 0 Å². The molecule has 0 spiro atoms. The minimum atomic E-state index is -5.17. The molecule has 4 unspecified atom stereocenters. The monoisotopic (exact) mass is 676 g/mol. The fourth-order valence-electron chi connectivity index (χ4n) is 5.36. The molecule has 10 atom stereocenters. The number of fused-ring (bicyclic) bond motifs is 5. The molecule has 7 heterocycles. The molecule has 3 aliphatic rings. The van der Waals surface area contributed by atoms with E-state index in [1.54, 1.807) is 0 Å². The lowest BCUT2D eigenvalue weighted by Crippen LogP contribution is -2.36. The average molecular weight is 676 g/mol. The van der Waals surface area contributed by atoms with Crippen LogP contribution in [0.4, 0.5) is 14.5 Å². The van der Waals surface area contributed by atoms with Crippen LogP contribution in [0.25, 0.3) is 22.3 Å². The van der Waals surface area contributed by atoms with Crippen LogP contribution >= 0.6 is 15.4 Å². The molecular formula is C22H24F2N8O11P2. The molecule has 5 N–H and O–H groups in total. The van der Waals surface area contributed by atoms with Crippen molar-refractivity contribution in [1.82, 2.24) is 34.1 Å². The number of aromatic nitrogens is 7. The van der Waals surface area contributed by atoms with Gasteiger partial charge in [0.1, 0.15) is 36.3 Å². The van der Waals surface area contributed by atoms with Crippen LogP contribution in [0.5, 0.6) is 0 Å². The van der Waals surface area contributed by atoms with Crippen molar-refractivity contribution in [3.05, 3.63) is 41.6 Å². The zero-order valence-electron chi connectivity index (χ0n) is 22.6. The third kappa shape index (κ3) is 5.48. The van der Waals surface area contributed by atoms with Gasteiger partial charge in [0.2, 0.25) is 0 Å². The van der Waals surface area contributed by atoms with Crippen LogP contribution in [0.1, 0.15) is 12.5 Å². The van der Waals surface area contributed by atoms with Crippen LogP contribution in [-0.4, -0.2) is 100 Å². The van der Waals surface area contributed by atoms with Crippen molar-refractivity contribution in [1.29, 1.82) is 0 Å². The van der Waals surface area contributed by atoms with Crippen molar-refractivity contribution >= 4 is 43.4 Å². The van der Waals surface area contributed by atoms with E-state index in [0.717, 1.165) is 17.2 Å². The number of phosphoric acid groups is 1. The number of phosphoric ester groups is 1. The summed E-state index contributed by atoms with van der Waals surface area (Å²) in [6, 6.07) is 1.49. The lowest BCUT2D eigenvalue weighted by Gasteiger charge is -2.25. The first-order valence-electron chi connectivity index (χ1n) is 13.2. The highest BCUT2D eigenvalue weighted by Gasteiger charge is 2.53. The number of hydrogen-bond acceptors (Lipinski definition) is 14. The van der Waals surface area contributed by atoms with Gasteiger partial charge in [0.15, 0.2) is 41.6 Å². The fraction of sp³-hybridized carbons (Fsp3) is 0.500. The molecule has 0 saturated carbocycles. The fourth-order valence-corrected chi connectivity index (χ4v) is 7.10. The molecule has 23 heteroatoms. The summed E-state index contributed by atoms with van der Waals surface area (Å²) in [4.78, 5) is 51.8. The predicted octanol–water partition coefficient (Wildman–Crippen LogP) is 0.678. The van der Waals surface area contributed by atoms with E-state index in [1.807, 2.05) is 0 Å². The van der Waals surface area contributed by atoms with Gasteiger partial charge in [-0.15, -0.1) is 0 Å². The van der Waals surface area contributed by atoms with Gasteiger partial charge in [-0.25, -0.2) is 33.3 Å². The molecule has 0 aromatic carbocycles. The van der Waals surface area contributed by atoms with Gasteiger partial charge in [-0.05, 0) is 6.07 Å². The van der Waals surface area contributed by atoms with Gasteiger partial charge in [0.05, 0.1) is 37.9 Å². The number of pyridine rings is 1. The zero-order valence-corrected chi connectivity index (χ0v) is 24.4. The maximum atomic E-state index is 15.9. The number of H-pyrrole nitrogens is 1. The number of anilines is 1. The number of halogens is 2. The minimum Gasteiger partial charge on any atom is -0.397 e. The lowest BCUT2D eigenvalue weighted by atomic mass is 10.1. The minimum absolute atomic E-state index is 0.0792. The van der Waals surface area contributed by atoms with Crippen molar-refractivity contribution in [2.24, 2.45) is 0 Å². The Bertz CT molecular complexity index is 1910. The molecule has 0 radical (unpaired) electrons. The van der Waals surface area contributed by atoms with Crippen LogP contribution in [0.15, 0.2) is 36.0 Å². The van der Waals surface area contributed by atoms with E-state index in [2.05, 4.69) is 24.9 Å². The molecular weight excluding hydrogens is 652 g/mol. The molecule has 3 saturated heterocycles. The van der Waals surface area contributed by atoms with Crippen LogP contribution in [-0.2, 0) is 36.9 Å². The first-order chi connectivity index (χ1) is 21.4. The normalized spacial score (nSPS) is 38.0. The Balaban J connectivity index is 1.20. The van der Waals surface area contributed by atoms with Gasteiger partial charge in [0.25, 0.3) is 5.56 Å². The molecule has 0 aliphatic carbocycles. The first kappa shape index (κ1) is 30.4. The highest BCUT2D eigenvalue weighted by molar-refractivity contribution is 7.52. The summed E-state index contributed by atoms with van der Waals surface area (Å²) in [5, 5.41) is 0. The molecule has 3 fully saturated rings. The molecule has 2 bridgehead atoms. The molecule has 19 nitrogen and oxygen atoms in total. The molecule has 4 aromatic heterocycles. The Kier molecular flexibility index (Phi) is 7.59. The van der Waals surface area contributed by atoms with E-state index in [-0.39, 0.29) is 28.0 Å². The second-order valence-electron chi connectivity index (χ2n) is 10.3. The summed E-state index contributed by atoms with van der Waals surface area (Å²) < 4.78 is 92.1. The van der Waals surface area contributed by atoms with E-state index in [1.165, 1.54) is 23.2 Å². The van der Waals surface area contributed by atoms with Crippen molar-refractivity contribution < 1.29 is 55.5 Å². The Morgan fingerprint density at radius 3 is 2.40 bits per heavy atom. The summed E-state index contributed by atoms with van der Waals surface area (Å²) in [5.74, 6) is 0. The highest BCUT2D eigenvalue weighted by atomic mass is 31.2. The Hall–Kier alpha value is -3.23. The molecule has 45 heavy (non-hydrogen) atoms. The van der Waals surface area contributed by atoms with Crippen molar-refractivity contribution in [2.45, 2.75) is 49.2 Å². The molecule has 0 amide bonds. The number of ether oxygens (including phenoxy) is 3. The van der Waals surface area contributed by atoms with E-state index in [9.17, 15) is 23.7 Å². The predicted molar refractivity (Wildman–Crippen MR) is 144 cm³/mol. The maximum absolute atomic E-state index is 15.9. The van der Waals surface area contributed by atoms with Crippen molar-refractivity contribution in [3.63, 3.8) is 0 Å². The van der Waals surface area contributed by atoms with Crippen molar-refractivity contribution in [2.75, 3.05) is 25.3 Å².